The molecule has 0 aliphatic heterocycles. The molecule has 1 amide bonds. The van der Waals surface area contributed by atoms with E-state index < -0.39 is 23.7 Å². The molecule has 1 atom stereocenters. The Bertz CT molecular complexity index is 489. The molecule has 0 saturated heterocycles. The van der Waals surface area contributed by atoms with Crippen LogP contribution in [0.4, 0.5) is 10.1 Å². The molecule has 19 heavy (non-hydrogen) atoms. The Balaban J connectivity index is 2.94. The van der Waals surface area contributed by atoms with Gasteiger partial charge in [0.05, 0.1) is 18.4 Å². The van der Waals surface area contributed by atoms with Crippen molar-refractivity contribution in [2.75, 3.05) is 12.8 Å². The van der Waals surface area contributed by atoms with Crippen LogP contribution in [0.2, 0.25) is 0 Å². The van der Waals surface area contributed by atoms with Crippen molar-refractivity contribution in [1.29, 1.82) is 0 Å². The third-order valence-corrected chi connectivity index (χ3v) is 2.71. The zero-order valence-electron chi connectivity index (χ0n) is 11.1. The van der Waals surface area contributed by atoms with E-state index in [1.165, 1.54) is 19.2 Å². The molecule has 104 valence electrons. The molecule has 0 radical (unpaired) electrons. The van der Waals surface area contributed by atoms with E-state index >= 15 is 0 Å². The Labute approximate surface area is 110 Å². The van der Waals surface area contributed by atoms with Gasteiger partial charge in [0.2, 0.25) is 0 Å². The molecule has 0 heterocycles. The molecule has 1 aromatic carbocycles. The zero-order valence-corrected chi connectivity index (χ0v) is 11.1. The van der Waals surface area contributed by atoms with Gasteiger partial charge in [0, 0.05) is 0 Å². The number of hydrogen-bond acceptors (Lipinski definition) is 4. The average Bonchev–Trinajstić information content (AvgIpc) is 2.37. The van der Waals surface area contributed by atoms with Gasteiger partial charge in [0.15, 0.2) is 0 Å². The minimum atomic E-state index is -0.805. The molecule has 0 aliphatic carbocycles. The van der Waals surface area contributed by atoms with Crippen LogP contribution in [0.25, 0.3) is 0 Å². The lowest BCUT2D eigenvalue weighted by Gasteiger charge is -2.20. The summed E-state index contributed by atoms with van der Waals surface area (Å²) in [5.74, 6) is -2.00. The second-order valence-electron chi connectivity index (χ2n) is 4.42. The van der Waals surface area contributed by atoms with Gasteiger partial charge in [0.1, 0.15) is 11.9 Å². The fraction of sp³-hybridized carbons (Fsp3) is 0.385. The Morgan fingerprint density at radius 1 is 1.37 bits per heavy atom. The number of methoxy groups -OCH3 is 1. The van der Waals surface area contributed by atoms with E-state index in [0.29, 0.717) is 0 Å². The van der Waals surface area contributed by atoms with Gasteiger partial charge in [-0.15, -0.1) is 0 Å². The molecule has 0 fully saturated rings. The quantitative estimate of drug-likeness (QED) is 0.637. The van der Waals surface area contributed by atoms with E-state index in [2.05, 4.69) is 10.1 Å². The van der Waals surface area contributed by atoms with Crippen LogP contribution < -0.4 is 11.1 Å². The third-order valence-electron chi connectivity index (χ3n) is 2.71. The number of para-hydroxylation sites is 1. The van der Waals surface area contributed by atoms with Gasteiger partial charge in [0.25, 0.3) is 5.91 Å². The fourth-order valence-corrected chi connectivity index (χ4v) is 1.58. The average molecular weight is 268 g/mol. The van der Waals surface area contributed by atoms with Crippen molar-refractivity contribution >= 4 is 17.6 Å². The number of hydrogen-bond donors (Lipinski definition) is 2. The van der Waals surface area contributed by atoms with Crippen molar-refractivity contribution < 1.29 is 18.7 Å². The summed E-state index contributed by atoms with van der Waals surface area (Å²) >= 11 is 0. The van der Waals surface area contributed by atoms with Gasteiger partial charge in [-0.1, -0.05) is 19.9 Å². The van der Waals surface area contributed by atoms with Gasteiger partial charge < -0.3 is 15.8 Å². The molecule has 0 bridgehead atoms. The number of nitrogens with two attached hydrogens (primary N) is 1. The van der Waals surface area contributed by atoms with Crippen LogP contribution in [0.15, 0.2) is 18.2 Å². The smallest absolute Gasteiger partial charge is 0.328 e. The summed E-state index contributed by atoms with van der Waals surface area (Å²) in [5.41, 5.74) is 5.24. The highest BCUT2D eigenvalue weighted by atomic mass is 19.1. The van der Waals surface area contributed by atoms with Crippen LogP contribution in [0.5, 0.6) is 0 Å². The molecule has 0 saturated carbocycles. The Kier molecular flexibility index (Phi) is 4.86. The van der Waals surface area contributed by atoms with Crippen molar-refractivity contribution in [2.45, 2.75) is 19.9 Å². The van der Waals surface area contributed by atoms with Gasteiger partial charge >= 0.3 is 5.97 Å². The van der Waals surface area contributed by atoms with Gasteiger partial charge in [-0.25, -0.2) is 9.18 Å². The van der Waals surface area contributed by atoms with Crippen LogP contribution in [-0.2, 0) is 9.53 Å². The molecule has 1 rings (SSSR count). The number of rotatable bonds is 4. The highest BCUT2D eigenvalue weighted by Crippen LogP contribution is 2.16. The SMILES string of the molecule is COC(=O)[C@@H](NC(=O)c1cccc(F)c1N)C(C)C. The third kappa shape index (κ3) is 3.43. The van der Waals surface area contributed by atoms with E-state index in [9.17, 15) is 14.0 Å². The van der Waals surface area contributed by atoms with E-state index in [1.807, 2.05) is 0 Å². The van der Waals surface area contributed by atoms with E-state index in [4.69, 9.17) is 5.73 Å². The van der Waals surface area contributed by atoms with Crippen LogP contribution in [0, 0.1) is 11.7 Å². The first-order valence-corrected chi connectivity index (χ1v) is 5.81. The van der Waals surface area contributed by atoms with Crippen LogP contribution in [0.3, 0.4) is 0 Å². The van der Waals surface area contributed by atoms with Crippen molar-refractivity contribution in [2.24, 2.45) is 5.92 Å². The summed E-state index contributed by atoms with van der Waals surface area (Å²) < 4.78 is 17.9. The lowest BCUT2D eigenvalue weighted by atomic mass is 10.0. The number of halogens is 1. The van der Waals surface area contributed by atoms with Gasteiger partial charge in [-0.3, -0.25) is 4.79 Å². The second-order valence-corrected chi connectivity index (χ2v) is 4.42. The number of carbonyl (C=O) groups excluding carboxylic acids is 2. The molecule has 5 nitrogen and oxygen atoms in total. The van der Waals surface area contributed by atoms with E-state index in [-0.39, 0.29) is 17.2 Å². The van der Waals surface area contributed by atoms with Crippen molar-refractivity contribution in [3.8, 4) is 0 Å². The van der Waals surface area contributed by atoms with E-state index in [1.54, 1.807) is 13.8 Å². The summed E-state index contributed by atoms with van der Waals surface area (Å²) in [6.45, 7) is 3.52. The number of amides is 1. The molecular formula is C13H17FN2O3. The Morgan fingerprint density at radius 2 is 2.00 bits per heavy atom. The molecule has 6 heteroatoms. The molecule has 0 aromatic heterocycles. The minimum Gasteiger partial charge on any atom is -0.467 e. The zero-order chi connectivity index (χ0) is 14.6. The van der Waals surface area contributed by atoms with E-state index in [0.717, 1.165) is 6.07 Å². The number of carbonyl (C=O) groups is 2. The molecular weight excluding hydrogens is 251 g/mol. The number of anilines is 1. The van der Waals surface area contributed by atoms with Crippen molar-refractivity contribution in [1.82, 2.24) is 5.32 Å². The lowest BCUT2D eigenvalue weighted by molar-refractivity contribution is -0.144. The number of ether oxygens (including phenoxy) is 1. The summed E-state index contributed by atoms with van der Waals surface area (Å²) in [6, 6.07) is 3.12. The van der Waals surface area contributed by atoms with Crippen LogP contribution >= 0.6 is 0 Å². The topological polar surface area (TPSA) is 81.4 Å². The number of nitrogens with one attached hydrogen (secondary N) is 1. The Hall–Kier alpha value is -2.11. The molecule has 1 aromatic rings. The maximum atomic E-state index is 13.3. The predicted octanol–water partition coefficient (Wildman–Crippen LogP) is 1.34. The monoisotopic (exact) mass is 268 g/mol. The van der Waals surface area contributed by atoms with Gasteiger partial charge in [-0.05, 0) is 18.1 Å². The highest BCUT2D eigenvalue weighted by molar-refractivity contribution is 6.01. The molecule has 0 unspecified atom stereocenters. The maximum absolute atomic E-state index is 13.3. The van der Waals surface area contributed by atoms with Crippen LogP contribution in [0.1, 0.15) is 24.2 Å². The Morgan fingerprint density at radius 3 is 2.53 bits per heavy atom. The molecule has 0 spiro atoms. The fourth-order valence-electron chi connectivity index (χ4n) is 1.58. The summed E-state index contributed by atoms with van der Waals surface area (Å²) in [4.78, 5) is 23.5. The van der Waals surface area contributed by atoms with Crippen LogP contribution in [-0.4, -0.2) is 25.0 Å². The number of benzene rings is 1. The molecule has 3 N–H and O–H groups in total. The first-order valence-electron chi connectivity index (χ1n) is 5.81. The predicted molar refractivity (Wildman–Crippen MR) is 68.9 cm³/mol. The summed E-state index contributed by atoms with van der Waals surface area (Å²) in [7, 11) is 1.24. The van der Waals surface area contributed by atoms with Gasteiger partial charge in [-0.2, -0.15) is 0 Å². The van der Waals surface area contributed by atoms with Crippen molar-refractivity contribution in [3.63, 3.8) is 0 Å². The summed E-state index contributed by atoms with van der Waals surface area (Å²) in [5, 5.41) is 2.49. The number of esters is 1. The number of nitrogen functional groups attached to an aromatic ring is 1. The first-order chi connectivity index (χ1) is 8.88. The standard InChI is InChI=1S/C13H17FN2O3/c1-7(2)11(13(18)19-3)16-12(17)8-5-4-6-9(14)10(8)15/h4-7,11H,15H2,1-3H3,(H,16,17)/t11-/m0/s1. The lowest BCUT2D eigenvalue weighted by Crippen LogP contribution is -2.45. The van der Waals surface area contributed by atoms with Crippen molar-refractivity contribution in [3.05, 3.63) is 29.6 Å². The highest BCUT2D eigenvalue weighted by Gasteiger charge is 2.26. The second kappa shape index (κ2) is 6.17. The maximum Gasteiger partial charge on any atom is 0.328 e. The first kappa shape index (κ1) is 14.9. The normalized spacial score (nSPS) is 12.1. The summed E-state index contributed by atoms with van der Waals surface area (Å²) in [6.07, 6.45) is 0. The minimum absolute atomic E-state index is 0.00504. The largest absolute Gasteiger partial charge is 0.467 e. The molecule has 0 aliphatic rings.